The van der Waals surface area contributed by atoms with Crippen LogP contribution in [-0.2, 0) is 9.59 Å². The molecular weight excluding hydrogens is 406 g/mol. The van der Waals surface area contributed by atoms with E-state index in [2.05, 4.69) is 4.98 Å². The number of carbonyl (C=O) groups excluding carboxylic acids is 2. The number of hydrogen-bond acceptors (Lipinski definition) is 5. The maximum Gasteiger partial charge on any atom is 0.295 e. The molecule has 1 saturated heterocycles. The first-order valence-electron chi connectivity index (χ1n) is 10.6. The number of ether oxygens (including phenoxy) is 1. The number of hydrogen-bond donors (Lipinski definition) is 2. The summed E-state index contributed by atoms with van der Waals surface area (Å²) in [6, 6.07) is 14.1. The Balaban J connectivity index is 1.85. The van der Waals surface area contributed by atoms with Crippen molar-refractivity contribution in [1.29, 1.82) is 0 Å². The molecule has 32 heavy (non-hydrogen) atoms. The van der Waals surface area contributed by atoms with Gasteiger partial charge < -0.3 is 24.6 Å². The molecule has 1 amide bonds. The van der Waals surface area contributed by atoms with E-state index in [-0.39, 0.29) is 11.3 Å². The Morgan fingerprint density at radius 2 is 1.94 bits per heavy atom. The molecule has 1 aromatic heterocycles. The van der Waals surface area contributed by atoms with Gasteiger partial charge in [-0.1, -0.05) is 30.3 Å². The lowest BCUT2D eigenvalue weighted by molar-refractivity contribution is -0.139. The molecular formula is C25H27N3O4. The monoisotopic (exact) mass is 433 g/mol. The summed E-state index contributed by atoms with van der Waals surface area (Å²) < 4.78 is 5.36. The van der Waals surface area contributed by atoms with E-state index >= 15 is 0 Å². The SMILES string of the molecule is COc1cccc([C@H]2/C(=C(\O)c3c[nH]c4ccccc34)C(=O)C(=O)N2CCCN(C)C)c1. The number of amides is 1. The van der Waals surface area contributed by atoms with Crippen molar-refractivity contribution in [2.45, 2.75) is 12.5 Å². The highest BCUT2D eigenvalue weighted by molar-refractivity contribution is 6.46. The van der Waals surface area contributed by atoms with Crippen LogP contribution in [0.4, 0.5) is 0 Å². The number of aromatic amines is 1. The Hall–Kier alpha value is -3.58. The smallest absolute Gasteiger partial charge is 0.295 e. The van der Waals surface area contributed by atoms with Crippen LogP contribution < -0.4 is 4.74 Å². The zero-order valence-electron chi connectivity index (χ0n) is 18.5. The number of aliphatic hydroxyl groups is 1. The molecule has 1 aliphatic rings. The molecule has 0 bridgehead atoms. The average molecular weight is 434 g/mol. The zero-order valence-corrected chi connectivity index (χ0v) is 18.5. The average Bonchev–Trinajstić information content (AvgIpc) is 3.33. The van der Waals surface area contributed by atoms with Gasteiger partial charge in [0.05, 0.1) is 18.7 Å². The van der Waals surface area contributed by atoms with Crippen molar-refractivity contribution in [2.75, 3.05) is 34.3 Å². The Kier molecular flexibility index (Phi) is 6.01. The van der Waals surface area contributed by atoms with Gasteiger partial charge in [-0.2, -0.15) is 0 Å². The third-order valence-electron chi connectivity index (χ3n) is 5.80. The van der Waals surface area contributed by atoms with Crippen LogP contribution >= 0.6 is 0 Å². The summed E-state index contributed by atoms with van der Waals surface area (Å²) in [6.45, 7) is 1.17. The molecule has 166 valence electrons. The fourth-order valence-electron chi connectivity index (χ4n) is 4.24. The summed E-state index contributed by atoms with van der Waals surface area (Å²) in [5, 5.41) is 12.1. The van der Waals surface area contributed by atoms with Gasteiger partial charge in [-0.3, -0.25) is 9.59 Å². The maximum atomic E-state index is 13.2. The first kappa shape index (κ1) is 21.6. The largest absolute Gasteiger partial charge is 0.507 e. The summed E-state index contributed by atoms with van der Waals surface area (Å²) in [7, 11) is 5.49. The topological polar surface area (TPSA) is 85.9 Å². The second kappa shape index (κ2) is 8.88. The van der Waals surface area contributed by atoms with E-state index in [1.165, 1.54) is 0 Å². The molecule has 2 aromatic carbocycles. The minimum absolute atomic E-state index is 0.0952. The van der Waals surface area contributed by atoms with Gasteiger partial charge in [-0.05, 0) is 50.8 Å². The van der Waals surface area contributed by atoms with Gasteiger partial charge in [-0.15, -0.1) is 0 Å². The minimum atomic E-state index is -0.694. The molecule has 7 nitrogen and oxygen atoms in total. The number of nitrogens with one attached hydrogen (secondary N) is 1. The quantitative estimate of drug-likeness (QED) is 0.338. The molecule has 4 rings (SSSR count). The molecule has 1 aliphatic heterocycles. The fourth-order valence-corrected chi connectivity index (χ4v) is 4.24. The van der Waals surface area contributed by atoms with E-state index in [4.69, 9.17) is 4.74 Å². The van der Waals surface area contributed by atoms with Crippen LogP contribution in [0.15, 0.2) is 60.3 Å². The number of aromatic nitrogens is 1. The van der Waals surface area contributed by atoms with E-state index in [0.717, 1.165) is 23.0 Å². The highest BCUT2D eigenvalue weighted by Crippen LogP contribution is 2.41. The van der Waals surface area contributed by atoms with Crippen molar-refractivity contribution >= 4 is 28.4 Å². The number of benzene rings is 2. The number of H-pyrrole nitrogens is 1. The molecule has 2 heterocycles. The number of likely N-dealkylation sites (tertiary alicyclic amines) is 1. The molecule has 0 radical (unpaired) electrons. The van der Waals surface area contributed by atoms with Crippen molar-refractivity contribution in [3.05, 3.63) is 71.4 Å². The number of methoxy groups -OCH3 is 1. The van der Waals surface area contributed by atoms with Crippen molar-refractivity contribution in [2.24, 2.45) is 0 Å². The molecule has 3 aromatic rings. The van der Waals surface area contributed by atoms with Crippen LogP contribution in [0.5, 0.6) is 5.75 Å². The molecule has 0 spiro atoms. The lowest BCUT2D eigenvalue weighted by Crippen LogP contribution is -2.32. The number of rotatable bonds is 7. The number of ketones is 1. The number of fused-ring (bicyclic) bond motifs is 1. The van der Waals surface area contributed by atoms with Gasteiger partial charge in [-0.25, -0.2) is 0 Å². The molecule has 0 aliphatic carbocycles. The van der Waals surface area contributed by atoms with Crippen molar-refractivity contribution in [3.8, 4) is 5.75 Å². The molecule has 0 saturated carbocycles. The van der Waals surface area contributed by atoms with Crippen LogP contribution in [0.3, 0.4) is 0 Å². The predicted molar refractivity (Wildman–Crippen MR) is 123 cm³/mol. The second-order valence-corrected chi connectivity index (χ2v) is 8.17. The van der Waals surface area contributed by atoms with Gasteiger partial charge in [0, 0.05) is 29.2 Å². The Morgan fingerprint density at radius 1 is 1.16 bits per heavy atom. The van der Waals surface area contributed by atoms with E-state index in [0.29, 0.717) is 24.3 Å². The van der Waals surface area contributed by atoms with Gasteiger partial charge >= 0.3 is 0 Å². The number of Topliss-reactive ketones (excluding diaryl/α,β-unsaturated/α-hetero) is 1. The van der Waals surface area contributed by atoms with Crippen molar-refractivity contribution in [3.63, 3.8) is 0 Å². The number of para-hydroxylation sites is 1. The number of carbonyl (C=O) groups is 2. The predicted octanol–water partition coefficient (Wildman–Crippen LogP) is 3.55. The first-order chi connectivity index (χ1) is 15.4. The minimum Gasteiger partial charge on any atom is -0.507 e. The summed E-state index contributed by atoms with van der Waals surface area (Å²) in [5.74, 6) is -0.833. The summed E-state index contributed by atoms with van der Waals surface area (Å²) in [4.78, 5) is 32.9. The lowest BCUT2D eigenvalue weighted by atomic mass is 9.95. The van der Waals surface area contributed by atoms with Gasteiger partial charge in [0.15, 0.2) is 0 Å². The third-order valence-corrected chi connectivity index (χ3v) is 5.80. The molecule has 2 N–H and O–H groups in total. The van der Waals surface area contributed by atoms with Gasteiger partial charge in [0.25, 0.3) is 11.7 Å². The maximum absolute atomic E-state index is 13.2. The highest BCUT2D eigenvalue weighted by atomic mass is 16.5. The number of aliphatic hydroxyl groups excluding tert-OH is 1. The lowest BCUT2D eigenvalue weighted by Gasteiger charge is -2.26. The van der Waals surface area contributed by atoms with E-state index < -0.39 is 17.7 Å². The summed E-state index contributed by atoms with van der Waals surface area (Å²) in [6.07, 6.45) is 2.37. The van der Waals surface area contributed by atoms with Gasteiger partial charge in [0.2, 0.25) is 0 Å². The van der Waals surface area contributed by atoms with Crippen LogP contribution in [0, 0.1) is 0 Å². The molecule has 1 atom stereocenters. The third kappa shape index (κ3) is 3.87. The second-order valence-electron chi connectivity index (χ2n) is 8.17. The Labute approximate surface area is 186 Å². The normalized spacial score (nSPS) is 18.1. The molecule has 1 fully saturated rings. The molecule has 0 unspecified atom stereocenters. The van der Waals surface area contributed by atoms with Gasteiger partial charge in [0.1, 0.15) is 11.5 Å². The molecule has 7 heteroatoms. The van der Waals surface area contributed by atoms with E-state index in [1.54, 1.807) is 30.3 Å². The van der Waals surface area contributed by atoms with E-state index in [1.807, 2.05) is 55.4 Å². The van der Waals surface area contributed by atoms with Crippen LogP contribution in [0.1, 0.15) is 23.6 Å². The van der Waals surface area contributed by atoms with Crippen molar-refractivity contribution in [1.82, 2.24) is 14.8 Å². The van der Waals surface area contributed by atoms with Crippen molar-refractivity contribution < 1.29 is 19.4 Å². The standard InChI is InChI=1S/C25H27N3O4/c1-27(2)12-7-13-28-22(16-8-6-9-17(14-16)32-3)21(24(30)25(28)31)23(29)19-15-26-20-11-5-4-10-18(19)20/h4-6,8-11,14-15,22,26,29H,7,12-13H2,1-3H3/b23-21+/t22-/m0/s1. The van der Waals surface area contributed by atoms with Crippen LogP contribution in [-0.4, -0.2) is 65.9 Å². The Morgan fingerprint density at radius 3 is 2.69 bits per heavy atom. The fraction of sp³-hybridized carbons (Fsp3) is 0.280. The number of nitrogens with zero attached hydrogens (tertiary/aromatic N) is 2. The zero-order chi connectivity index (χ0) is 22.8. The van der Waals surface area contributed by atoms with E-state index in [9.17, 15) is 14.7 Å². The van der Waals surface area contributed by atoms with Crippen LogP contribution in [0.2, 0.25) is 0 Å². The Bertz CT molecular complexity index is 1190. The summed E-state index contributed by atoms with van der Waals surface area (Å²) in [5.41, 5.74) is 2.15. The highest BCUT2D eigenvalue weighted by Gasteiger charge is 2.46. The summed E-state index contributed by atoms with van der Waals surface area (Å²) >= 11 is 0. The first-order valence-corrected chi connectivity index (χ1v) is 10.6. The van der Waals surface area contributed by atoms with Crippen LogP contribution in [0.25, 0.3) is 16.7 Å².